The maximum atomic E-state index is 2.90. The number of hydrogen-bond acceptors (Lipinski definition) is 0. The zero-order valence-electron chi connectivity index (χ0n) is 16.5. The van der Waals surface area contributed by atoms with Crippen molar-refractivity contribution in [2.45, 2.75) is 39.5 Å². The SMILES string of the molecule is CCC[c-]1cccc1.CCC[c-]1cccc1.[Fe].[Fe].[c-]1[c-][c-][c-](-[c-]2cccc2)[c-]1. The van der Waals surface area contributed by atoms with Crippen LogP contribution in [0.1, 0.15) is 37.8 Å². The molecule has 0 saturated heterocycles. The molecule has 0 N–H and O–H groups in total. The van der Waals surface area contributed by atoms with E-state index in [2.05, 4.69) is 86.6 Å². The summed E-state index contributed by atoms with van der Waals surface area (Å²) in [6, 6.07) is 36.3. The fraction of sp³-hybridized carbons (Fsp3) is 0.231. The van der Waals surface area contributed by atoms with Gasteiger partial charge < -0.3 is 59.7 Å². The minimum atomic E-state index is 0. The molecule has 28 heavy (non-hydrogen) atoms. The van der Waals surface area contributed by atoms with E-state index in [1.807, 2.05) is 24.3 Å². The van der Waals surface area contributed by atoms with Gasteiger partial charge in [-0.05, 0) is 0 Å². The van der Waals surface area contributed by atoms with Crippen molar-refractivity contribution in [3.8, 4) is 11.1 Å². The van der Waals surface area contributed by atoms with Crippen LogP contribution in [0.5, 0.6) is 0 Å². The Bertz CT molecular complexity index is 674. The molecule has 0 spiro atoms. The molecule has 0 saturated carbocycles. The van der Waals surface area contributed by atoms with Gasteiger partial charge in [-0.2, -0.15) is 35.4 Å². The van der Waals surface area contributed by atoms with E-state index in [4.69, 9.17) is 0 Å². The van der Waals surface area contributed by atoms with Gasteiger partial charge in [0.25, 0.3) is 0 Å². The first-order chi connectivity index (χ1) is 12.8. The molecule has 4 rings (SSSR count). The average molecular weight is 450 g/mol. The van der Waals surface area contributed by atoms with E-state index >= 15 is 0 Å². The van der Waals surface area contributed by atoms with Gasteiger partial charge in [0.15, 0.2) is 0 Å². The summed E-state index contributed by atoms with van der Waals surface area (Å²) >= 11 is 0. The quantitative estimate of drug-likeness (QED) is 0.235. The predicted octanol–water partition coefficient (Wildman–Crippen LogP) is 6.70. The molecule has 2 heteroatoms. The first-order valence-electron chi connectivity index (χ1n) is 9.35. The summed E-state index contributed by atoms with van der Waals surface area (Å²) in [5.41, 5.74) is 5.02. The van der Waals surface area contributed by atoms with Crippen molar-refractivity contribution in [1.29, 1.82) is 0 Å². The zero-order valence-corrected chi connectivity index (χ0v) is 18.7. The standard InChI is InChI=1S/C10H4.2C8H11.2Fe/c1-2-6-9(5-1)10-7-3-4-8-10;2*1-2-5-8-6-3-4-7-8;;/h1-2,5-6H;2*3-4,6-7H,2,5H2,1H3;;/q-6;2*-1;;. The average Bonchev–Trinajstić information content (AvgIpc) is 3.43. The van der Waals surface area contributed by atoms with Crippen molar-refractivity contribution in [2.75, 3.05) is 0 Å². The first-order valence-corrected chi connectivity index (χ1v) is 9.35. The van der Waals surface area contributed by atoms with Crippen LogP contribution in [-0.4, -0.2) is 0 Å². The maximum Gasteiger partial charge on any atom is 0 e. The Labute approximate surface area is 192 Å². The fourth-order valence-corrected chi connectivity index (χ4v) is 2.64. The second-order valence-corrected chi connectivity index (χ2v) is 6.13. The van der Waals surface area contributed by atoms with Crippen molar-refractivity contribution < 1.29 is 34.1 Å². The molecule has 0 heterocycles. The summed E-state index contributed by atoms with van der Waals surface area (Å²) in [4.78, 5) is 0. The second kappa shape index (κ2) is 16.4. The molecule has 0 atom stereocenters. The monoisotopic (exact) mass is 450 g/mol. The van der Waals surface area contributed by atoms with Crippen LogP contribution in [0.2, 0.25) is 0 Å². The number of aryl methyl sites for hydroxylation is 2. The van der Waals surface area contributed by atoms with Crippen molar-refractivity contribution in [3.63, 3.8) is 0 Å². The Morgan fingerprint density at radius 1 is 0.571 bits per heavy atom. The van der Waals surface area contributed by atoms with Crippen molar-refractivity contribution in [1.82, 2.24) is 0 Å². The molecule has 154 valence electrons. The van der Waals surface area contributed by atoms with E-state index < -0.39 is 0 Å². The number of rotatable bonds is 5. The summed E-state index contributed by atoms with van der Waals surface area (Å²) in [6.45, 7) is 4.40. The third kappa shape index (κ3) is 10.1. The Kier molecular flexibility index (Phi) is 15.5. The molecule has 0 aliphatic heterocycles. The smallest absolute Gasteiger partial charge is 0 e. The second-order valence-electron chi connectivity index (χ2n) is 6.13. The largest absolute Gasteiger partial charge is 0.901 e. The van der Waals surface area contributed by atoms with Crippen LogP contribution >= 0.6 is 0 Å². The molecular formula is C26H26Fe2-8. The van der Waals surface area contributed by atoms with Crippen LogP contribution in [0.25, 0.3) is 11.1 Å². The van der Waals surface area contributed by atoms with E-state index in [0.29, 0.717) is 0 Å². The van der Waals surface area contributed by atoms with E-state index in [-0.39, 0.29) is 34.1 Å². The van der Waals surface area contributed by atoms with Crippen molar-refractivity contribution >= 4 is 0 Å². The van der Waals surface area contributed by atoms with Gasteiger partial charge in [0, 0.05) is 34.1 Å². The van der Waals surface area contributed by atoms with Gasteiger partial charge in [0.05, 0.1) is 0 Å². The van der Waals surface area contributed by atoms with E-state index in [0.717, 1.165) is 11.1 Å². The van der Waals surface area contributed by atoms with Crippen LogP contribution in [0, 0.1) is 24.3 Å². The summed E-state index contributed by atoms with van der Waals surface area (Å²) in [5, 5.41) is 0. The summed E-state index contributed by atoms with van der Waals surface area (Å²) < 4.78 is 0. The summed E-state index contributed by atoms with van der Waals surface area (Å²) in [7, 11) is 0. The summed E-state index contributed by atoms with van der Waals surface area (Å²) in [5.74, 6) is 0. The van der Waals surface area contributed by atoms with Gasteiger partial charge in [0.2, 0.25) is 0 Å². The first kappa shape index (κ1) is 26.4. The topological polar surface area (TPSA) is 0 Å². The normalized spacial score (nSPS) is 9.07. The molecule has 0 aliphatic rings. The van der Waals surface area contributed by atoms with Gasteiger partial charge in [-0.3, -0.25) is 0 Å². The third-order valence-electron chi connectivity index (χ3n) is 3.93. The molecule has 0 unspecified atom stereocenters. The molecule has 4 aromatic carbocycles. The fourth-order valence-electron chi connectivity index (χ4n) is 2.64. The molecule has 0 aliphatic carbocycles. The Hall–Kier alpha value is -1.56. The predicted molar refractivity (Wildman–Crippen MR) is 110 cm³/mol. The van der Waals surface area contributed by atoms with Crippen LogP contribution in [0.4, 0.5) is 0 Å². The molecule has 0 radical (unpaired) electrons. The molecule has 4 aromatic rings. The van der Waals surface area contributed by atoms with E-state index in [9.17, 15) is 0 Å². The Morgan fingerprint density at radius 2 is 0.929 bits per heavy atom. The molecule has 0 fully saturated rings. The van der Waals surface area contributed by atoms with Crippen LogP contribution < -0.4 is 0 Å². The minimum Gasteiger partial charge on any atom is -0.901 e. The zero-order chi connectivity index (χ0) is 18.5. The Morgan fingerprint density at radius 3 is 1.29 bits per heavy atom. The molecule has 0 aromatic heterocycles. The van der Waals surface area contributed by atoms with E-state index in [1.165, 1.54) is 36.8 Å². The van der Waals surface area contributed by atoms with Crippen LogP contribution in [0.3, 0.4) is 0 Å². The van der Waals surface area contributed by atoms with Crippen molar-refractivity contribution in [3.05, 3.63) is 108 Å². The maximum absolute atomic E-state index is 2.90. The van der Waals surface area contributed by atoms with E-state index in [1.54, 1.807) is 0 Å². The van der Waals surface area contributed by atoms with Gasteiger partial charge in [-0.25, -0.2) is 24.3 Å². The van der Waals surface area contributed by atoms with Crippen molar-refractivity contribution in [2.24, 2.45) is 0 Å². The summed E-state index contributed by atoms with van der Waals surface area (Å²) in [6.07, 6.45) is 4.97. The molecule has 0 bridgehead atoms. The van der Waals surface area contributed by atoms with Gasteiger partial charge in [-0.15, -0.1) is 0 Å². The molecule has 0 nitrogen and oxygen atoms in total. The Balaban J connectivity index is 0.000000381. The molecular weight excluding hydrogens is 424 g/mol. The van der Waals surface area contributed by atoms with Gasteiger partial charge >= 0.3 is 0 Å². The van der Waals surface area contributed by atoms with Gasteiger partial charge in [-0.1, -0.05) is 39.5 Å². The number of hydrogen-bond donors (Lipinski definition) is 0. The minimum absolute atomic E-state index is 0. The molecule has 0 amide bonds. The van der Waals surface area contributed by atoms with Crippen LogP contribution in [0.15, 0.2) is 72.8 Å². The third-order valence-corrected chi connectivity index (χ3v) is 3.93. The van der Waals surface area contributed by atoms with Crippen LogP contribution in [-0.2, 0) is 47.0 Å². The van der Waals surface area contributed by atoms with Gasteiger partial charge in [0.1, 0.15) is 0 Å².